The summed E-state index contributed by atoms with van der Waals surface area (Å²) in [5.41, 5.74) is 7.26. The zero-order valence-corrected chi connectivity index (χ0v) is 28.3. The summed E-state index contributed by atoms with van der Waals surface area (Å²) in [5.74, 6) is 2.57. The molecule has 3 nitrogen and oxygen atoms in total. The van der Waals surface area contributed by atoms with Gasteiger partial charge in [0.15, 0.2) is 0 Å². The number of nitrogens with zero attached hydrogens (tertiary/aromatic N) is 1. The minimum atomic E-state index is -0.363. The van der Waals surface area contributed by atoms with Crippen LogP contribution in [0.4, 0.5) is 10.1 Å². The number of unbranched alkanes of at least 4 members (excludes halogenated alkanes) is 1. The largest absolute Gasteiger partial charge is 0.344 e. The maximum absolute atomic E-state index is 14.0. The van der Waals surface area contributed by atoms with Gasteiger partial charge >= 0.3 is 0 Å². The van der Waals surface area contributed by atoms with E-state index in [1.54, 1.807) is 6.07 Å². The summed E-state index contributed by atoms with van der Waals surface area (Å²) in [7, 11) is 0. The van der Waals surface area contributed by atoms with Gasteiger partial charge in [-0.15, -0.1) is 0 Å². The van der Waals surface area contributed by atoms with Crippen molar-refractivity contribution in [1.29, 1.82) is 0 Å². The molecule has 3 aliphatic rings. The fourth-order valence-corrected chi connectivity index (χ4v) is 7.75. The third-order valence-electron chi connectivity index (χ3n) is 10.1. The zero-order chi connectivity index (χ0) is 31.4. The first kappa shape index (κ1) is 33.7. The van der Waals surface area contributed by atoms with Crippen molar-refractivity contribution in [3.05, 3.63) is 93.9 Å². The number of hydrogen-bond acceptors (Lipinski definition) is 2. The molecule has 1 aliphatic heterocycles. The highest BCUT2D eigenvalue weighted by molar-refractivity contribution is 6.30. The Hall–Kier alpha value is -2.69. The highest BCUT2D eigenvalue weighted by atomic mass is 35.5. The summed E-state index contributed by atoms with van der Waals surface area (Å²) in [6.07, 6.45) is 24.7. The van der Waals surface area contributed by atoms with Gasteiger partial charge in [-0.25, -0.2) is 9.38 Å². The second-order valence-corrected chi connectivity index (χ2v) is 14.0. The number of amidine groups is 1. The summed E-state index contributed by atoms with van der Waals surface area (Å²) in [5, 5.41) is 7.10. The van der Waals surface area contributed by atoms with Crippen LogP contribution in [0.15, 0.2) is 77.0 Å². The number of rotatable bonds is 10. The van der Waals surface area contributed by atoms with Crippen molar-refractivity contribution in [3.8, 4) is 0 Å². The predicted octanol–water partition coefficient (Wildman–Crippen LogP) is 11.3. The average Bonchev–Trinajstić information content (AvgIpc) is 3.23. The van der Waals surface area contributed by atoms with Gasteiger partial charge in [-0.05, 0) is 136 Å². The monoisotopic (exact) mass is 629 g/mol. The van der Waals surface area contributed by atoms with E-state index in [-0.39, 0.29) is 5.82 Å². The second kappa shape index (κ2) is 17.3. The average molecular weight is 630 g/mol. The van der Waals surface area contributed by atoms with Crippen LogP contribution in [-0.2, 0) is 6.42 Å². The lowest BCUT2D eigenvalue weighted by molar-refractivity contribution is 0.277. The molecule has 0 radical (unpaired) electrons. The van der Waals surface area contributed by atoms with E-state index in [0.717, 1.165) is 37.5 Å². The van der Waals surface area contributed by atoms with Gasteiger partial charge in [-0.1, -0.05) is 87.0 Å². The van der Waals surface area contributed by atoms with Crippen LogP contribution in [0.2, 0.25) is 5.02 Å². The molecule has 45 heavy (non-hydrogen) atoms. The van der Waals surface area contributed by atoms with Crippen molar-refractivity contribution in [1.82, 2.24) is 5.32 Å². The van der Waals surface area contributed by atoms with E-state index >= 15 is 0 Å². The van der Waals surface area contributed by atoms with E-state index in [1.165, 1.54) is 117 Å². The van der Waals surface area contributed by atoms with Crippen molar-refractivity contribution in [2.75, 3.05) is 18.4 Å². The van der Waals surface area contributed by atoms with Crippen molar-refractivity contribution < 1.29 is 4.39 Å². The number of halogens is 2. The molecule has 2 aromatic carbocycles. The second-order valence-electron chi connectivity index (χ2n) is 13.5. The van der Waals surface area contributed by atoms with Gasteiger partial charge in [-0.2, -0.15) is 0 Å². The minimum absolute atomic E-state index is 0.363. The van der Waals surface area contributed by atoms with E-state index in [4.69, 9.17) is 16.6 Å². The Labute approximate surface area is 276 Å². The molecule has 5 heteroatoms. The Balaban J connectivity index is 1.43. The number of hydrogen-bond donors (Lipinski definition) is 2. The Kier molecular flexibility index (Phi) is 12.9. The standard InChI is InChI=1S/C40H53ClFN3/c1-3-4-11-33-18-19-35(32-12-6-5-7-13-32)24-39(40(33)28-44-29(2)45-38-26-36(41)25-37(42)27-38)34-16-14-30(15-17-34)9-8-10-31-20-22-43-23-21-31/h11,14-17,24-28,31-32,35,43H,3-10,12-13,18-23H2,1-2H3,(H,44,45)/b33-11+,40-28+. The summed E-state index contributed by atoms with van der Waals surface area (Å²) < 4.78 is 14.0. The normalized spacial score (nSPS) is 22.4. The molecule has 2 aromatic rings. The van der Waals surface area contributed by atoms with Gasteiger partial charge in [-0.3, -0.25) is 0 Å². The molecular weight excluding hydrogens is 577 g/mol. The van der Waals surface area contributed by atoms with Crippen molar-refractivity contribution in [2.45, 2.75) is 104 Å². The number of benzene rings is 2. The Bertz CT molecular complexity index is 1340. The molecule has 5 rings (SSSR count). The Morgan fingerprint density at radius 1 is 1.02 bits per heavy atom. The molecular formula is C40H53ClFN3. The highest BCUT2D eigenvalue weighted by Gasteiger charge is 2.27. The molecule has 1 atom stereocenters. The summed E-state index contributed by atoms with van der Waals surface area (Å²) in [6.45, 7) is 6.53. The van der Waals surface area contributed by atoms with Gasteiger partial charge in [0.1, 0.15) is 11.7 Å². The molecule has 1 saturated carbocycles. The van der Waals surface area contributed by atoms with Gasteiger partial charge in [0.25, 0.3) is 0 Å². The lowest BCUT2D eigenvalue weighted by atomic mass is 9.77. The van der Waals surface area contributed by atoms with Crippen molar-refractivity contribution in [3.63, 3.8) is 0 Å². The molecule has 0 aromatic heterocycles. The first-order chi connectivity index (χ1) is 22.0. The van der Waals surface area contributed by atoms with Crippen LogP contribution in [0.5, 0.6) is 0 Å². The molecule has 2 N–H and O–H groups in total. The smallest absolute Gasteiger partial charge is 0.126 e. The lowest BCUT2D eigenvalue weighted by Crippen LogP contribution is -2.27. The van der Waals surface area contributed by atoms with Gasteiger partial charge < -0.3 is 10.6 Å². The van der Waals surface area contributed by atoms with Crippen LogP contribution in [0.3, 0.4) is 0 Å². The fraction of sp³-hybridized carbons (Fsp3) is 0.525. The number of allylic oxidation sites excluding steroid dienone is 5. The molecule has 0 spiro atoms. The summed E-state index contributed by atoms with van der Waals surface area (Å²) >= 11 is 6.11. The van der Waals surface area contributed by atoms with Gasteiger partial charge in [0.05, 0.1) is 0 Å². The van der Waals surface area contributed by atoms with E-state index in [9.17, 15) is 4.39 Å². The Morgan fingerprint density at radius 2 is 1.80 bits per heavy atom. The topological polar surface area (TPSA) is 36.4 Å². The summed E-state index contributed by atoms with van der Waals surface area (Å²) in [6, 6.07) is 13.9. The number of aryl methyl sites for hydroxylation is 1. The third kappa shape index (κ3) is 10.1. The lowest BCUT2D eigenvalue weighted by Gasteiger charge is -2.28. The molecule has 1 heterocycles. The first-order valence-electron chi connectivity index (χ1n) is 17.7. The first-order valence-corrected chi connectivity index (χ1v) is 18.1. The number of anilines is 1. The zero-order valence-electron chi connectivity index (χ0n) is 27.5. The van der Waals surface area contributed by atoms with E-state index < -0.39 is 0 Å². The number of aliphatic imine (C=N–C) groups is 1. The van der Waals surface area contributed by atoms with Crippen LogP contribution in [0.25, 0.3) is 5.57 Å². The van der Waals surface area contributed by atoms with Gasteiger partial charge in [0.2, 0.25) is 0 Å². The molecule has 0 amide bonds. The molecule has 1 saturated heterocycles. The Morgan fingerprint density at radius 3 is 2.53 bits per heavy atom. The molecule has 2 aliphatic carbocycles. The third-order valence-corrected chi connectivity index (χ3v) is 10.3. The van der Waals surface area contributed by atoms with E-state index in [0.29, 0.717) is 22.5 Å². The van der Waals surface area contributed by atoms with Gasteiger partial charge in [0, 0.05) is 22.5 Å². The molecule has 0 bridgehead atoms. The molecule has 2 fully saturated rings. The molecule has 242 valence electrons. The van der Waals surface area contributed by atoms with Crippen LogP contribution in [-0.4, -0.2) is 18.9 Å². The van der Waals surface area contributed by atoms with Crippen LogP contribution < -0.4 is 10.6 Å². The quantitative estimate of drug-likeness (QED) is 0.203. The fourth-order valence-electron chi connectivity index (χ4n) is 7.53. The predicted molar refractivity (Wildman–Crippen MR) is 191 cm³/mol. The van der Waals surface area contributed by atoms with Crippen LogP contribution in [0.1, 0.15) is 108 Å². The molecule has 1 unspecified atom stereocenters. The highest BCUT2D eigenvalue weighted by Crippen LogP contribution is 2.42. The van der Waals surface area contributed by atoms with Crippen LogP contribution in [0, 0.1) is 23.6 Å². The maximum Gasteiger partial charge on any atom is 0.126 e. The van der Waals surface area contributed by atoms with E-state index in [2.05, 4.69) is 54.0 Å². The van der Waals surface area contributed by atoms with Crippen molar-refractivity contribution >= 4 is 28.7 Å². The number of piperidine rings is 1. The summed E-state index contributed by atoms with van der Waals surface area (Å²) in [4.78, 5) is 4.91. The van der Waals surface area contributed by atoms with E-state index in [1.807, 2.05) is 13.1 Å². The van der Waals surface area contributed by atoms with Crippen LogP contribution >= 0.6 is 11.6 Å². The van der Waals surface area contributed by atoms with Crippen molar-refractivity contribution in [2.24, 2.45) is 22.7 Å². The maximum atomic E-state index is 14.0. The SMILES string of the molecule is CCC/C=C1\CCC(C2CCCCC2)C=C(c2ccc(CCCC3CCNCC3)cc2)\C1=C\N=C(C)Nc1cc(F)cc(Cl)c1. The number of nitrogens with one attached hydrogen (secondary N) is 2. The minimum Gasteiger partial charge on any atom is -0.344 e.